The monoisotopic (exact) mass is 691 g/mol. The first-order valence-corrected chi connectivity index (χ1v) is 18.9. The number of anilines is 3. The molecule has 9 rings (SSSR count). The van der Waals surface area contributed by atoms with E-state index in [-0.39, 0.29) is 0 Å². The van der Waals surface area contributed by atoms with Crippen LogP contribution in [0, 0.1) is 0 Å². The normalized spacial score (nSPS) is 11.3. The highest BCUT2D eigenvalue weighted by Gasteiger charge is 2.20. The molecule has 0 atom stereocenters. The van der Waals surface area contributed by atoms with E-state index in [1.165, 1.54) is 71.6 Å². The van der Waals surface area contributed by atoms with Gasteiger partial charge < -0.3 is 4.90 Å². The maximum atomic E-state index is 2.38. The molecule has 0 aliphatic heterocycles. The summed E-state index contributed by atoms with van der Waals surface area (Å²) in [7, 11) is 0. The van der Waals surface area contributed by atoms with Gasteiger partial charge in [-0.1, -0.05) is 184 Å². The van der Waals surface area contributed by atoms with E-state index in [1.807, 2.05) is 0 Å². The third-order valence-corrected chi connectivity index (χ3v) is 10.7. The molecule has 0 aromatic heterocycles. The fourth-order valence-electron chi connectivity index (χ4n) is 7.89. The molecule has 1 heteroatoms. The number of nitrogens with zero attached hydrogens (tertiary/aromatic N) is 1. The van der Waals surface area contributed by atoms with Crippen LogP contribution in [0.1, 0.15) is 25.3 Å². The molecule has 258 valence electrons. The van der Waals surface area contributed by atoms with Crippen LogP contribution in [0.5, 0.6) is 0 Å². The summed E-state index contributed by atoms with van der Waals surface area (Å²) in [5.74, 6) is 0.470. The van der Waals surface area contributed by atoms with Crippen molar-refractivity contribution < 1.29 is 0 Å². The van der Waals surface area contributed by atoms with Gasteiger partial charge in [0.2, 0.25) is 0 Å². The third-order valence-electron chi connectivity index (χ3n) is 10.7. The van der Waals surface area contributed by atoms with Crippen molar-refractivity contribution in [2.24, 2.45) is 0 Å². The van der Waals surface area contributed by atoms with E-state index in [9.17, 15) is 0 Å². The molecule has 0 saturated carbocycles. The minimum Gasteiger partial charge on any atom is -0.310 e. The summed E-state index contributed by atoms with van der Waals surface area (Å²) in [6.07, 6.45) is 0. The molecular weight excluding hydrogens is 651 g/mol. The van der Waals surface area contributed by atoms with Crippen molar-refractivity contribution in [1.82, 2.24) is 0 Å². The van der Waals surface area contributed by atoms with E-state index in [4.69, 9.17) is 0 Å². The Kier molecular flexibility index (Phi) is 8.83. The Morgan fingerprint density at radius 1 is 0.296 bits per heavy atom. The molecule has 0 saturated heterocycles. The van der Waals surface area contributed by atoms with Gasteiger partial charge in [-0.2, -0.15) is 0 Å². The van der Waals surface area contributed by atoms with Crippen molar-refractivity contribution in [2.75, 3.05) is 4.90 Å². The SMILES string of the molecule is CC(C)c1ccc(-c2c(-c3cccc(N(c4ccc(-c5ccccc5)cc4)c4ccc(-c5ccccc5)cc4)c3)c3ccccc3c3ccccc23)cc1. The van der Waals surface area contributed by atoms with E-state index in [1.54, 1.807) is 0 Å². The van der Waals surface area contributed by atoms with Gasteiger partial charge in [-0.3, -0.25) is 0 Å². The zero-order chi connectivity index (χ0) is 36.4. The van der Waals surface area contributed by atoms with Crippen LogP contribution in [0.4, 0.5) is 17.1 Å². The van der Waals surface area contributed by atoms with E-state index in [0.717, 1.165) is 17.1 Å². The molecule has 0 unspecified atom stereocenters. The largest absolute Gasteiger partial charge is 0.310 e. The van der Waals surface area contributed by atoms with Crippen molar-refractivity contribution in [2.45, 2.75) is 19.8 Å². The van der Waals surface area contributed by atoms with Gasteiger partial charge in [0.1, 0.15) is 0 Å². The average Bonchev–Trinajstić information content (AvgIpc) is 3.24. The van der Waals surface area contributed by atoms with Gasteiger partial charge in [0.05, 0.1) is 0 Å². The summed E-state index contributed by atoms with van der Waals surface area (Å²) < 4.78 is 0. The summed E-state index contributed by atoms with van der Waals surface area (Å²) in [6, 6.07) is 75.2. The zero-order valence-electron chi connectivity index (χ0n) is 30.7. The van der Waals surface area contributed by atoms with Gasteiger partial charge in [0, 0.05) is 17.1 Å². The first kappa shape index (κ1) is 33.2. The van der Waals surface area contributed by atoms with Crippen LogP contribution in [0.3, 0.4) is 0 Å². The molecule has 0 aliphatic carbocycles. The minimum absolute atomic E-state index is 0.470. The maximum absolute atomic E-state index is 2.38. The Morgan fingerprint density at radius 2 is 0.685 bits per heavy atom. The van der Waals surface area contributed by atoms with Gasteiger partial charge in [0.15, 0.2) is 0 Å². The van der Waals surface area contributed by atoms with Crippen LogP contribution < -0.4 is 4.90 Å². The summed E-state index contributed by atoms with van der Waals surface area (Å²) in [6.45, 7) is 4.51. The van der Waals surface area contributed by atoms with Crippen LogP contribution >= 0.6 is 0 Å². The smallest absolute Gasteiger partial charge is 0.0467 e. The lowest BCUT2D eigenvalue weighted by molar-refractivity contribution is 0.867. The second-order valence-corrected chi connectivity index (χ2v) is 14.3. The quantitative estimate of drug-likeness (QED) is 0.143. The molecule has 0 N–H and O–H groups in total. The summed E-state index contributed by atoms with van der Waals surface area (Å²) in [4.78, 5) is 2.38. The summed E-state index contributed by atoms with van der Waals surface area (Å²) >= 11 is 0. The standard InChI is InChI=1S/C53H41N/c1-37(2)38-24-26-43(27-25-38)52-50-22-11-9-20-48(50)49-21-10-12-23-51(49)53(52)44-18-13-19-47(36-44)54(45-32-28-41(29-33-45)39-14-5-3-6-15-39)46-34-30-42(31-35-46)40-16-7-4-8-17-40/h3-37H,1-2H3. The number of hydrogen-bond acceptors (Lipinski definition) is 1. The minimum atomic E-state index is 0.470. The van der Waals surface area contributed by atoms with Crippen molar-refractivity contribution >= 4 is 38.6 Å². The van der Waals surface area contributed by atoms with Crippen molar-refractivity contribution in [1.29, 1.82) is 0 Å². The Bertz CT molecular complexity index is 2610. The lowest BCUT2D eigenvalue weighted by Crippen LogP contribution is -2.10. The highest BCUT2D eigenvalue weighted by atomic mass is 15.1. The van der Waals surface area contributed by atoms with Crippen molar-refractivity contribution in [3.05, 3.63) is 212 Å². The van der Waals surface area contributed by atoms with E-state index in [0.29, 0.717) is 5.92 Å². The molecule has 0 bridgehead atoms. The van der Waals surface area contributed by atoms with Crippen LogP contribution in [-0.2, 0) is 0 Å². The number of benzene rings is 9. The highest BCUT2D eigenvalue weighted by Crippen LogP contribution is 2.46. The fraction of sp³-hybridized carbons (Fsp3) is 0.0566. The second-order valence-electron chi connectivity index (χ2n) is 14.3. The topological polar surface area (TPSA) is 3.24 Å². The van der Waals surface area contributed by atoms with Gasteiger partial charge in [-0.05, 0) is 114 Å². The van der Waals surface area contributed by atoms with Crippen LogP contribution in [-0.4, -0.2) is 0 Å². The zero-order valence-corrected chi connectivity index (χ0v) is 30.7. The van der Waals surface area contributed by atoms with E-state index < -0.39 is 0 Å². The Morgan fingerprint density at radius 3 is 1.17 bits per heavy atom. The predicted octanol–water partition coefficient (Wildman–Crippen LogP) is 15.3. The predicted molar refractivity (Wildman–Crippen MR) is 232 cm³/mol. The maximum Gasteiger partial charge on any atom is 0.0467 e. The number of fused-ring (bicyclic) bond motifs is 3. The molecule has 0 amide bonds. The Hall–Kier alpha value is -6.70. The Labute approximate surface area is 318 Å². The van der Waals surface area contributed by atoms with E-state index >= 15 is 0 Å². The summed E-state index contributed by atoms with van der Waals surface area (Å²) in [5, 5.41) is 5.05. The summed E-state index contributed by atoms with van der Waals surface area (Å²) in [5.41, 5.74) is 14.4. The number of rotatable bonds is 8. The molecule has 1 nitrogen and oxygen atoms in total. The molecule has 0 aliphatic rings. The van der Waals surface area contributed by atoms with Gasteiger partial charge in [-0.15, -0.1) is 0 Å². The average molecular weight is 692 g/mol. The number of hydrogen-bond donors (Lipinski definition) is 0. The molecule has 0 heterocycles. The van der Waals surface area contributed by atoms with E-state index in [2.05, 4.69) is 225 Å². The first-order chi connectivity index (χ1) is 26.6. The van der Waals surface area contributed by atoms with Crippen molar-refractivity contribution in [3.8, 4) is 44.5 Å². The lowest BCUT2D eigenvalue weighted by Gasteiger charge is -2.27. The second kappa shape index (κ2) is 14.4. The lowest BCUT2D eigenvalue weighted by atomic mass is 9.84. The molecule has 0 radical (unpaired) electrons. The van der Waals surface area contributed by atoms with Gasteiger partial charge >= 0.3 is 0 Å². The van der Waals surface area contributed by atoms with Gasteiger partial charge in [0.25, 0.3) is 0 Å². The fourth-order valence-corrected chi connectivity index (χ4v) is 7.89. The molecular formula is C53H41N. The molecule has 9 aromatic carbocycles. The molecule has 9 aromatic rings. The van der Waals surface area contributed by atoms with Gasteiger partial charge in [-0.25, -0.2) is 0 Å². The van der Waals surface area contributed by atoms with Crippen LogP contribution in [0.25, 0.3) is 66.1 Å². The Balaban J connectivity index is 1.24. The highest BCUT2D eigenvalue weighted by molar-refractivity contribution is 6.21. The van der Waals surface area contributed by atoms with Crippen LogP contribution in [0.15, 0.2) is 206 Å². The van der Waals surface area contributed by atoms with Crippen LogP contribution in [0.2, 0.25) is 0 Å². The molecule has 0 spiro atoms. The van der Waals surface area contributed by atoms with Crippen molar-refractivity contribution in [3.63, 3.8) is 0 Å². The third kappa shape index (κ3) is 6.25. The first-order valence-electron chi connectivity index (χ1n) is 18.9. The molecule has 54 heavy (non-hydrogen) atoms. The molecule has 0 fully saturated rings.